The second-order valence-corrected chi connectivity index (χ2v) is 6.03. The number of benzene rings is 1. The second-order valence-electron chi connectivity index (χ2n) is 4.86. The maximum atomic E-state index is 3.88. The molecule has 1 saturated carbocycles. The van der Waals surface area contributed by atoms with Crippen LogP contribution in [0, 0.1) is 0 Å². The minimum absolute atomic E-state index is 0.683. The first-order valence-electron chi connectivity index (χ1n) is 6.54. The van der Waals surface area contributed by atoms with Crippen LogP contribution in [-0.2, 0) is 6.42 Å². The van der Waals surface area contributed by atoms with Gasteiger partial charge in [-0.05, 0) is 36.3 Å². The van der Waals surface area contributed by atoms with Crippen LogP contribution in [0.2, 0.25) is 0 Å². The van der Waals surface area contributed by atoms with Crippen molar-refractivity contribution in [3.63, 3.8) is 0 Å². The molecule has 1 aliphatic rings. The van der Waals surface area contributed by atoms with E-state index in [9.17, 15) is 0 Å². The standard InChI is InChI=1S/C15H21Br/c1-2-12-8-10-13(11-9-12)14-6-4-3-5-7-15(14)16/h8-11,14-15H,2-7H2,1H3. The zero-order valence-electron chi connectivity index (χ0n) is 10.1. The van der Waals surface area contributed by atoms with E-state index in [4.69, 9.17) is 0 Å². The molecular formula is C15H21Br. The lowest BCUT2D eigenvalue weighted by molar-refractivity contribution is 0.612. The van der Waals surface area contributed by atoms with Gasteiger partial charge >= 0.3 is 0 Å². The van der Waals surface area contributed by atoms with Crippen LogP contribution in [0.5, 0.6) is 0 Å². The van der Waals surface area contributed by atoms with Gasteiger partial charge in [0.1, 0.15) is 0 Å². The summed E-state index contributed by atoms with van der Waals surface area (Å²) < 4.78 is 0. The lowest BCUT2D eigenvalue weighted by Crippen LogP contribution is -2.10. The Morgan fingerprint density at radius 1 is 1.06 bits per heavy atom. The molecule has 0 spiro atoms. The lowest BCUT2D eigenvalue weighted by Gasteiger charge is -2.20. The van der Waals surface area contributed by atoms with E-state index in [1.54, 1.807) is 0 Å². The van der Waals surface area contributed by atoms with Crippen LogP contribution < -0.4 is 0 Å². The monoisotopic (exact) mass is 280 g/mol. The fourth-order valence-electron chi connectivity index (χ4n) is 2.64. The van der Waals surface area contributed by atoms with E-state index >= 15 is 0 Å². The third-order valence-corrected chi connectivity index (χ3v) is 4.84. The molecule has 2 rings (SSSR count). The summed E-state index contributed by atoms with van der Waals surface area (Å²) in [4.78, 5) is 0.683. The molecule has 0 saturated heterocycles. The van der Waals surface area contributed by atoms with Crippen molar-refractivity contribution in [1.29, 1.82) is 0 Å². The first-order valence-corrected chi connectivity index (χ1v) is 7.45. The van der Waals surface area contributed by atoms with Crippen LogP contribution in [0.1, 0.15) is 56.1 Å². The average Bonchev–Trinajstić information content (AvgIpc) is 2.54. The third-order valence-electron chi connectivity index (χ3n) is 3.75. The normalized spacial score (nSPS) is 26.4. The van der Waals surface area contributed by atoms with Gasteiger partial charge in [0.05, 0.1) is 0 Å². The Morgan fingerprint density at radius 3 is 2.44 bits per heavy atom. The van der Waals surface area contributed by atoms with Crippen LogP contribution >= 0.6 is 15.9 Å². The Labute approximate surface area is 108 Å². The quantitative estimate of drug-likeness (QED) is 0.525. The molecule has 1 heteroatoms. The number of hydrogen-bond acceptors (Lipinski definition) is 0. The van der Waals surface area contributed by atoms with Gasteiger partial charge in [0.2, 0.25) is 0 Å². The Balaban J connectivity index is 2.14. The Bertz CT molecular complexity index is 315. The van der Waals surface area contributed by atoms with Crippen LogP contribution in [0.25, 0.3) is 0 Å². The molecule has 88 valence electrons. The molecule has 0 amide bonds. The number of hydrogen-bond donors (Lipinski definition) is 0. The van der Waals surface area contributed by atoms with E-state index in [2.05, 4.69) is 47.1 Å². The second kappa shape index (κ2) is 5.86. The van der Waals surface area contributed by atoms with Crippen molar-refractivity contribution in [2.75, 3.05) is 0 Å². The van der Waals surface area contributed by atoms with Gasteiger partial charge in [-0.3, -0.25) is 0 Å². The summed E-state index contributed by atoms with van der Waals surface area (Å²) in [6, 6.07) is 9.26. The fourth-order valence-corrected chi connectivity index (χ4v) is 3.53. The third kappa shape index (κ3) is 2.88. The van der Waals surface area contributed by atoms with Gasteiger partial charge in [0, 0.05) is 4.83 Å². The highest BCUT2D eigenvalue weighted by molar-refractivity contribution is 9.09. The SMILES string of the molecule is CCc1ccc(C2CCCCCC2Br)cc1. The summed E-state index contributed by atoms with van der Waals surface area (Å²) in [6.45, 7) is 2.22. The molecule has 1 fully saturated rings. The lowest BCUT2D eigenvalue weighted by atomic mass is 9.91. The zero-order chi connectivity index (χ0) is 11.4. The number of rotatable bonds is 2. The summed E-state index contributed by atoms with van der Waals surface area (Å²) >= 11 is 3.88. The van der Waals surface area contributed by atoms with E-state index < -0.39 is 0 Å². The van der Waals surface area contributed by atoms with Gasteiger partial charge < -0.3 is 0 Å². The summed E-state index contributed by atoms with van der Waals surface area (Å²) in [5.74, 6) is 0.730. The Morgan fingerprint density at radius 2 is 1.75 bits per heavy atom. The molecule has 0 heterocycles. The summed E-state index contributed by atoms with van der Waals surface area (Å²) in [5.41, 5.74) is 2.98. The Kier molecular flexibility index (Phi) is 4.45. The molecule has 16 heavy (non-hydrogen) atoms. The highest BCUT2D eigenvalue weighted by Gasteiger charge is 2.22. The number of alkyl halides is 1. The summed E-state index contributed by atoms with van der Waals surface area (Å²) in [6.07, 6.45) is 8.01. The molecule has 0 aliphatic heterocycles. The van der Waals surface area contributed by atoms with Gasteiger partial charge in [-0.25, -0.2) is 0 Å². The molecule has 2 unspecified atom stereocenters. The fraction of sp³-hybridized carbons (Fsp3) is 0.600. The molecule has 0 bridgehead atoms. The molecule has 1 aromatic carbocycles. The van der Waals surface area contributed by atoms with Crippen molar-refractivity contribution in [1.82, 2.24) is 0 Å². The van der Waals surface area contributed by atoms with E-state index in [1.165, 1.54) is 43.2 Å². The number of halogens is 1. The molecule has 2 atom stereocenters. The van der Waals surface area contributed by atoms with E-state index in [-0.39, 0.29) is 0 Å². The molecular weight excluding hydrogens is 260 g/mol. The van der Waals surface area contributed by atoms with Gasteiger partial charge in [0.15, 0.2) is 0 Å². The van der Waals surface area contributed by atoms with Crippen LogP contribution in [-0.4, -0.2) is 4.83 Å². The molecule has 0 radical (unpaired) electrons. The van der Waals surface area contributed by atoms with Crippen LogP contribution in [0.15, 0.2) is 24.3 Å². The van der Waals surface area contributed by atoms with Crippen LogP contribution in [0.3, 0.4) is 0 Å². The molecule has 0 nitrogen and oxygen atoms in total. The smallest absolute Gasteiger partial charge is 0.0214 e. The van der Waals surface area contributed by atoms with E-state index in [1.807, 2.05) is 0 Å². The predicted molar refractivity (Wildman–Crippen MR) is 74.4 cm³/mol. The highest BCUT2D eigenvalue weighted by atomic mass is 79.9. The summed E-state index contributed by atoms with van der Waals surface area (Å²) in [7, 11) is 0. The minimum Gasteiger partial charge on any atom is -0.0884 e. The van der Waals surface area contributed by atoms with Crippen molar-refractivity contribution in [3.8, 4) is 0 Å². The van der Waals surface area contributed by atoms with Crippen molar-refractivity contribution < 1.29 is 0 Å². The minimum atomic E-state index is 0.683. The predicted octanol–water partition coefficient (Wildman–Crippen LogP) is 5.06. The van der Waals surface area contributed by atoms with E-state index in [0.29, 0.717) is 4.83 Å². The average molecular weight is 281 g/mol. The number of aryl methyl sites for hydroxylation is 1. The van der Waals surface area contributed by atoms with Gasteiger partial charge in [-0.2, -0.15) is 0 Å². The summed E-state index contributed by atoms with van der Waals surface area (Å²) in [5, 5.41) is 0. The first kappa shape index (κ1) is 12.2. The van der Waals surface area contributed by atoms with Gasteiger partial charge in [-0.1, -0.05) is 66.4 Å². The van der Waals surface area contributed by atoms with Crippen molar-refractivity contribution >= 4 is 15.9 Å². The Hall–Kier alpha value is -0.300. The van der Waals surface area contributed by atoms with Crippen LogP contribution in [0.4, 0.5) is 0 Å². The van der Waals surface area contributed by atoms with Gasteiger partial charge in [0.25, 0.3) is 0 Å². The first-order chi connectivity index (χ1) is 7.81. The van der Waals surface area contributed by atoms with Gasteiger partial charge in [-0.15, -0.1) is 0 Å². The largest absolute Gasteiger partial charge is 0.0884 e. The van der Waals surface area contributed by atoms with E-state index in [0.717, 1.165) is 12.3 Å². The van der Waals surface area contributed by atoms with Crippen molar-refractivity contribution in [2.45, 2.75) is 56.2 Å². The maximum absolute atomic E-state index is 3.88. The molecule has 0 N–H and O–H groups in total. The topological polar surface area (TPSA) is 0 Å². The maximum Gasteiger partial charge on any atom is 0.0214 e. The molecule has 1 aromatic rings. The van der Waals surface area contributed by atoms with Crippen molar-refractivity contribution in [3.05, 3.63) is 35.4 Å². The highest BCUT2D eigenvalue weighted by Crippen LogP contribution is 2.36. The zero-order valence-corrected chi connectivity index (χ0v) is 11.7. The molecule has 0 aromatic heterocycles. The van der Waals surface area contributed by atoms with Crippen molar-refractivity contribution in [2.24, 2.45) is 0 Å². The molecule has 1 aliphatic carbocycles.